The summed E-state index contributed by atoms with van der Waals surface area (Å²) in [5.74, 6) is 0. The Bertz CT molecular complexity index is 130. The Morgan fingerprint density at radius 1 is 0.923 bits per heavy atom. The van der Waals surface area contributed by atoms with Crippen LogP contribution in [0.1, 0.15) is 65.2 Å². The molecule has 0 aromatic carbocycles. The van der Waals surface area contributed by atoms with E-state index in [9.17, 15) is 5.11 Å². The van der Waals surface area contributed by atoms with Gasteiger partial charge in [0, 0.05) is 0 Å². The Hall–Kier alpha value is -0.0400. The van der Waals surface area contributed by atoms with Crippen LogP contribution >= 0.6 is 0 Å². The second-order valence-corrected chi connectivity index (χ2v) is 4.95. The molecule has 0 amide bonds. The summed E-state index contributed by atoms with van der Waals surface area (Å²) in [5, 5.41) is 9.75. The maximum Gasteiger partial charge on any atom is 0.0565 e. The lowest BCUT2D eigenvalue weighted by Crippen LogP contribution is -2.29. The normalized spacial score (nSPS) is 27.0. The number of rotatable bonds is 1. The maximum absolute atomic E-state index is 9.75. The fourth-order valence-corrected chi connectivity index (χ4v) is 2.31. The number of aliphatic hydroxyl groups is 1. The zero-order valence-electron chi connectivity index (χ0n) is 9.18. The lowest BCUT2D eigenvalue weighted by Gasteiger charge is -2.32. The standard InChI is InChI=1S/C12H24O/c1-11(13)12(2)9-7-5-3-4-6-8-10-12/h11,13H,3-10H2,1-2H3. The zero-order valence-corrected chi connectivity index (χ0v) is 9.18. The molecule has 1 nitrogen and oxygen atoms in total. The summed E-state index contributed by atoms with van der Waals surface area (Å²) in [7, 11) is 0. The molecule has 1 N–H and O–H groups in total. The lowest BCUT2D eigenvalue weighted by molar-refractivity contribution is 0.0361. The first-order valence-electron chi connectivity index (χ1n) is 5.83. The molecule has 1 unspecified atom stereocenters. The zero-order chi connectivity index (χ0) is 9.73. The van der Waals surface area contributed by atoms with Gasteiger partial charge < -0.3 is 5.11 Å². The van der Waals surface area contributed by atoms with E-state index in [0.29, 0.717) is 0 Å². The summed E-state index contributed by atoms with van der Waals surface area (Å²) in [6.07, 6.45) is 10.4. The molecular formula is C12H24O. The van der Waals surface area contributed by atoms with Gasteiger partial charge in [-0.25, -0.2) is 0 Å². The van der Waals surface area contributed by atoms with Gasteiger partial charge in [0.05, 0.1) is 6.10 Å². The van der Waals surface area contributed by atoms with Gasteiger partial charge in [0.1, 0.15) is 0 Å². The minimum absolute atomic E-state index is 0.134. The van der Waals surface area contributed by atoms with Gasteiger partial charge in [-0.05, 0) is 25.2 Å². The van der Waals surface area contributed by atoms with E-state index in [1.165, 1.54) is 51.4 Å². The van der Waals surface area contributed by atoms with Crippen LogP contribution in [0.5, 0.6) is 0 Å². The summed E-state index contributed by atoms with van der Waals surface area (Å²) in [6.45, 7) is 4.21. The molecule has 1 saturated carbocycles. The fraction of sp³-hybridized carbons (Fsp3) is 1.00. The predicted molar refractivity (Wildman–Crippen MR) is 56.7 cm³/mol. The van der Waals surface area contributed by atoms with Gasteiger partial charge in [-0.1, -0.05) is 45.4 Å². The second-order valence-electron chi connectivity index (χ2n) is 4.95. The molecule has 1 heteroatoms. The predicted octanol–water partition coefficient (Wildman–Crippen LogP) is 3.51. The van der Waals surface area contributed by atoms with Gasteiger partial charge >= 0.3 is 0 Å². The Kier molecular flexibility index (Phi) is 4.24. The van der Waals surface area contributed by atoms with Crippen molar-refractivity contribution in [2.75, 3.05) is 0 Å². The molecule has 1 fully saturated rings. The third-order valence-electron chi connectivity index (χ3n) is 3.75. The van der Waals surface area contributed by atoms with Crippen LogP contribution in [0.15, 0.2) is 0 Å². The van der Waals surface area contributed by atoms with Crippen molar-refractivity contribution in [3.05, 3.63) is 0 Å². The van der Waals surface area contributed by atoms with Crippen molar-refractivity contribution >= 4 is 0 Å². The van der Waals surface area contributed by atoms with E-state index in [-0.39, 0.29) is 11.5 Å². The van der Waals surface area contributed by atoms with Crippen LogP contribution in [0.25, 0.3) is 0 Å². The van der Waals surface area contributed by atoms with Crippen molar-refractivity contribution in [3.8, 4) is 0 Å². The minimum atomic E-state index is -0.134. The molecule has 1 atom stereocenters. The Labute approximate surface area is 82.5 Å². The Morgan fingerprint density at radius 3 is 1.69 bits per heavy atom. The highest BCUT2D eigenvalue weighted by atomic mass is 16.3. The molecule has 0 spiro atoms. The molecular weight excluding hydrogens is 160 g/mol. The molecule has 1 rings (SSSR count). The van der Waals surface area contributed by atoms with Crippen LogP contribution in [-0.4, -0.2) is 11.2 Å². The Morgan fingerprint density at radius 2 is 1.31 bits per heavy atom. The number of hydrogen-bond acceptors (Lipinski definition) is 1. The smallest absolute Gasteiger partial charge is 0.0565 e. The van der Waals surface area contributed by atoms with Gasteiger partial charge in [0.15, 0.2) is 0 Å². The first-order chi connectivity index (χ1) is 6.15. The first-order valence-corrected chi connectivity index (χ1v) is 5.83. The van der Waals surface area contributed by atoms with Crippen molar-refractivity contribution < 1.29 is 5.11 Å². The average Bonchev–Trinajstić information content (AvgIpc) is 2.18. The highest BCUT2D eigenvalue weighted by molar-refractivity contribution is 4.80. The van der Waals surface area contributed by atoms with E-state index in [1.54, 1.807) is 0 Å². The molecule has 0 aliphatic heterocycles. The highest BCUT2D eigenvalue weighted by Gasteiger charge is 2.29. The van der Waals surface area contributed by atoms with E-state index >= 15 is 0 Å². The van der Waals surface area contributed by atoms with Crippen LogP contribution in [0.3, 0.4) is 0 Å². The number of aliphatic hydroxyl groups excluding tert-OH is 1. The molecule has 0 radical (unpaired) electrons. The maximum atomic E-state index is 9.75. The third-order valence-corrected chi connectivity index (χ3v) is 3.75. The molecule has 0 aromatic rings. The van der Waals surface area contributed by atoms with Gasteiger partial charge in [0.25, 0.3) is 0 Å². The largest absolute Gasteiger partial charge is 0.393 e. The summed E-state index contributed by atoms with van der Waals surface area (Å²) < 4.78 is 0. The van der Waals surface area contributed by atoms with E-state index in [0.717, 1.165) is 0 Å². The van der Waals surface area contributed by atoms with Crippen LogP contribution in [0, 0.1) is 5.41 Å². The molecule has 0 heterocycles. The van der Waals surface area contributed by atoms with Crippen LogP contribution in [-0.2, 0) is 0 Å². The van der Waals surface area contributed by atoms with E-state index < -0.39 is 0 Å². The molecule has 78 valence electrons. The van der Waals surface area contributed by atoms with Crippen molar-refractivity contribution in [1.82, 2.24) is 0 Å². The van der Waals surface area contributed by atoms with Gasteiger partial charge in [-0.3, -0.25) is 0 Å². The molecule has 13 heavy (non-hydrogen) atoms. The third kappa shape index (κ3) is 3.30. The summed E-state index contributed by atoms with van der Waals surface area (Å²) in [4.78, 5) is 0. The minimum Gasteiger partial charge on any atom is -0.393 e. The molecule has 0 aromatic heterocycles. The van der Waals surface area contributed by atoms with Crippen molar-refractivity contribution in [2.24, 2.45) is 5.41 Å². The van der Waals surface area contributed by atoms with Crippen molar-refractivity contribution in [2.45, 2.75) is 71.3 Å². The topological polar surface area (TPSA) is 20.2 Å². The fourth-order valence-electron chi connectivity index (χ4n) is 2.31. The first kappa shape index (κ1) is 11.0. The molecule has 0 saturated heterocycles. The number of hydrogen-bond donors (Lipinski definition) is 1. The van der Waals surface area contributed by atoms with Crippen molar-refractivity contribution in [1.29, 1.82) is 0 Å². The van der Waals surface area contributed by atoms with Gasteiger partial charge in [0.2, 0.25) is 0 Å². The van der Waals surface area contributed by atoms with E-state index in [2.05, 4.69) is 6.92 Å². The Balaban J connectivity index is 2.49. The van der Waals surface area contributed by atoms with Gasteiger partial charge in [-0.15, -0.1) is 0 Å². The van der Waals surface area contributed by atoms with Crippen LogP contribution in [0.4, 0.5) is 0 Å². The van der Waals surface area contributed by atoms with Gasteiger partial charge in [-0.2, -0.15) is 0 Å². The molecule has 1 aliphatic rings. The van der Waals surface area contributed by atoms with Crippen LogP contribution < -0.4 is 0 Å². The summed E-state index contributed by atoms with van der Waals surface area (Å²) >= 11 is 0. The lowest BCUT2D eigenvalue weighted by atomic mass is 9.76. The van der Waals surface area contributed by atoms with E-state index in [1.807, 2.05) is 6.92 Å². The molecule has 0 bridgehead atoms. The monoisotopic (exact) mass is 184 g/mol. The second kappa shape index (κ2) is 4.99. The molecule has 1 aliphatic carbocycles. The van der Waals surface area contributed by atoms with Crippen molar-refractivity contribution in [3.63, 3.8) is 0 Å². The van der Waals surface area contributed by atoms with E-state index in [4.69, 9.17) is 0 Å². The summed E-state index contributed by atoms with van der Waals surface area (Å²) in [6, 6.07) is 0. The van der Waals surface area contributed by atoms with Crippen LogP contribution in [0.2, 0.25) is 0 Å². The highest BCUT2D eigenvalue weighted by Crippen LogP contribution is 2.35. The quantitative estimate of drug-likeness (QED) is 0.661. The summed E-state index contributed by atoms with van der Waals surface area (Å²) in [5.41, 5.74) is 0.199. The SMILES string of the molecule is CC(O)C1(C)CCCCCCCC1. The average molecular weight is 184 g/mol.